The maximum atomic E-state index is 12.7. The Morgan fingerprint density at radius 3 is 1.60 bits per heavy atom. The van der Waals surface area contributed by atoms with Gasteiger partial charge in [-0.25, -0.2) is 4.57 Å². The lowest BCUT2D eigenvalue weighted by Crippen LogP contribution is -2.24. The van der Waals surface area contributed by atoms with Gasteiger partial charge in [-0.3, -0.25) is 23.7 Å². The maximum absolute atomic E-state index is 12.7. The lowest BCUT2D eigenvalue weighted by Gasteiger charge is -2.00. The number of aryl methyl sites for hydroxylation is 1. The molecule has 2 aromatic carbocycles. The second kappa shape index (κ2) is 5.11. The maximum Gasteiger partial charge on any atom is 0.266 e. The Kier molecular flexibility index (Phi) is 3.12. The molecule has 0 atom stereocenters. The van der Waals surface area contributed by atoms with E-state index < -0.39 is 22.2 Å². The molecule has 6 heteroatoms. The van der Waals surface area contributed by atoms with Crippen molar-refractivity contribution in [1.82, 2.24) is 9.13 Å². The Labute approximate surface area is 140 Å². The smallest absolute Gasteiger partial charge is 0.266 e. The van der Waals surface area contributed by atoms with Crippen LogP contribution < -0.4 is 22.2 Å². The highest BCUT2D eigenvalue weighted by Gasteiger charge is 2.19. The molecule has 0 aliphatic rings. The van der Waals surface area contributed by atoms with Crippen LogP contribution in [-0.2, 0) is 6.54 Å². The molecule has 0 saturated carbocycles. The van der Waals surface area contributed by atoms with Crippen LogP contribution in [0.25, 0.3) is 27.2 Å². The number of nitrogens with zero attached hydrogens (tertiary/aromatic N) is 2. The summed E-state index contributed by atoms with van der Waals surface area (Å²) in [6.07, 6.45) is 0. The molecule has 0 bridgehead atoms. The van der Waals surface area contributed by atoms with E-state index in [1.165, 1.54) is 12.1 Å². The number of rotatable bonds is 2. The molecule has 0 amide bonds. The summed E-state index contributed by atoms with van der Waals surface area (Å²) in [5.74, 6) is 0. The lowest BCUT2D eigenvalue weighted by atomic mass is 10.1. The molecule has 0 aliphatic carbocycles. The summed E-state index contributed by atoms with van der Waals surface area (Å²) in [4.78, 5) is 50.1. The minimum Gasteiger partial charge on any atom is -0.275 e. The van der Waals surface area contributed by atoms with E-state index >= 15 is 0 Å². The molecule has 25 heavy (non-hydrogen) atoms. The molecule has 0 N–H and O–H groups in total. The van der Waals surface area contributed by atoms with Crippen LogP contribution in [0.15, 0.2) is 55.6 Å². The van der Waals surface area contributed by atoms with Gasteiger partial charge in [0.25, 0.3) is 22.2 Å². The van der Waals surface area contributed by atoms with Crippen LogP contribution in [0, 0.1) is 6.92 Å². The third-order valence-electron chi connectivity index (χ3n) is 4.58. The summed E-state index contributed by atoms with van der Waals surface area (Å²) in [7, 11) is 0. The van der Waals surface area contributed by atoms with Gasteiger partial charge in [-0.05, 0) is 38.1 Å². The summed E-state index contributed by atoms with van der Waals surface area (Å²) in [5.41, 5.74) is -0.359. The molecule has 4 rings (SSSR count). The van der Waals surface area contributed by atoms with Gasteiger partial charge in [-0.1, -0.05) is 17.7 Å². The number of aromatic nitrogens is 2. The molecule has 124 valence electrons. The first-order valence-corrected chi connectivity index (χ1v) is 7.93. The van der Waals surface area contributed by atoms with Crippen LogP contribution in [0.5, 0.6) is 0 Å². The number of hydrogen-bond donors (Lipinski definition) is 0. The summed E-state index contributed by atoms with van der Waals surface area (Å²) in [5, 5.41) is 0.668. The monoisotopic (exact) mass is 334 g/mol. The van der Waals surface area contributed by atoms with Gasteiger partial charge in [0.1, 0.15) is 0 Å². The predicted octanol–water partition coefficient (Wildman–Crippen LogP) is 1.23. The SMILES string of the molecule is CCn1c(=O)c2cc3c(=O)n(-c4ccc(C)cc4)c(=O)c3cc2c1=O. The van der Waals surface area contributed by atoms with Crippen LogP contribution in [0.2, 0.25) is 0 Å². The van der Waals surface area contributed by atoms with E-state index in [0.717, 1.165) is 14.7 Å². The van der Waals surface area contributed by atoms with Crippen molar-refractivity contribution in [3.63, 3.8) is 0 Å². The van der Waals surface area contributed by atoms with E-state index in [0.29, 0.717) is 5.69 Å². The van der Waals surface area contributed by atoms with E-state index in [-0.39, 0.29) is 28.1 Å². The normalized spacial score (nSPS) is 11.6. The average molecular weight is 334 g/mol. The number of benzene rings is 2. The predicted molar refractivity (Wildman–Crippen MR) is 96.6 cm³/mol. The van der Waals surface area contributed by atoms with Crippen molar-refractivity contribution in [3.05, 3.63) is 83.4 Å². The quantitative estimate of drug-likeness (QED) is 0.552. The molecule has 6 nitrogen and oxygen atoms in total. The Morgan fingerprint density at radius 1 is 0.720 bits per heavy atom. The molecule has 0 saturated heterocycles. The summed E-state index contributed by atoms with van der Waals surface area (Å²) in [6.45, 7) is 3.85. The molecule has 0 aliphatic heterocycles. The van der Waals surface area contributed by atoms with E-state index in [1.807, 2.05) is 19.1 Å². The first kappa shape index (κ1) is 15.3. The minimum absolute atomic E-state index is 0.156. The molecule has 2 heterocycles. The molecular weight excluding hydrogens is 320 g/mol. The van der Waals surface area contributed by atoms with Gasteiger partial charge >= 0.3 is 0 Å². The van der Waals surface area contributed by atoms with Crippen LogP contribution in [0.1, 0.15) is 12.5 Å². The second-order valence-corrected chi connectivity index (χ2v) is 6.08. The zero-order valence-electron chi connectivity index (χ0n) is 13.7. The number of hydrogen-bond acceptors (Lipinski definition) is 4. The fraction of sp³-hybridized carbons (Fsp3) is 0.158. The van der Waals surface area contributed by atoms with Gasteiger partial charge in [0.05, 0.1) is 27.2 Å². The van der Waals surface area contributed by atoms with Gasteiger partial charge in [0.15, 0.2) is 0 Å². The molecule has 0 spiro atoms. The average Bonchev–Trinajstić information content (AvgIpc) is 2.99. The zero-order chi connectivity index (χ0) is 17.9. The summed E-state index contributed by atoms with van der Waals surface area (Å²) < 4.78 is 2.18. The topological polar surface area (TPSA) is 78.1 Å². The van der Waals surface area contributed by atoms with Gasteiger partial charge in [0, 0.05) is 6.54 Å². The first-order chi connectivity index (χ1) is 11.9. The van der Waals surface area contributed by atoms with Crippen molar-refractivity contribution in [2.24, 2.45) is 0 Å². The van der Waals surface area contributed by atoms with Crippen molar-refractivity contribution < 1.29 is 0 Å². The molecular formula is C19H14N2O4. The van der Waals surface area contributed by atoms with Crippen molar-refractivity contribution in [1.29, 1.82) is 0 Å². The third-order valence-corrected chi connectivity index (χ3v) is 4.58. The van der Waals surface area contributed by atoms with Crippen LogP contribution in [0.4, 0.5) is 0 Å². The van der Waals surface area contributed by atoms with E-state index in [1.54, 1.807) is 19.1 Å². The fourth-order valence-corrected chi connectivity index (χ4v) is 3.24. The summed E-state index contributed by atoms with van der Waals surface area (Å²) in [6, 6.07) is 9.75. The van der Waals surface area contributed by atoms with Gasteiger partial charge in [0.2, 0.25) is 0 Å². The Balaban J connectivity index is 2.15. The Bertz CT molecular complexity index is 1270. The third kappa shape index (κ3) is 1.97. The van der Waals surface area contributed by atoms with Crippen LogP contribution >= 0.6 is 0 Å². The first-order valence-electron chi connectivity index (χ1n) is 7.93. The Morgan fingerprint density at radius 2 is 1.16 bits per heavy atom. The molecule has 0 unspecified atom stereocenters. The minimum atomic E-state index is -0.484. The largest absolute Gasteiger partial charge is 0.275 e. The van der Waals surface area contributed by atoms with Crippen molar-refractivity contribution in [2.75, 3.05) is 0 Å². The van der Waals surface area contributed by atoms with Crippen molar-refractivity contribution in [3.8, 4) is 5.69 Å². The van der Waals surface area contributed by atoms with Gasteiger partial charge in [-0.15, -0.1) is 0 Å². The van der Waals surface area contributed by atoms with Gasteiger partial charge < -0.3 is 0 Å². The van der Waals surface area contributed by atoms with Gasteiger partial charge in [-0.2, -0.15) is 0 Å². The van der Waals surface area contributed by atoms with Crippen molar-refractivity contribution in [2.45, 2.75) is 20.4 Å². The van der Waals surface area contributed by atoms with E-state index in [9.17, 15) is 19.2 Å². The Hall–Kier alpha value is -3.28. The molecule has 4 aromatic rings. The molecule has 0 fully saturated rings. The van der Waals surface area contributed by atoms with Crippen molar-refractivity contribution >= 4 is 21.5 Å². The van der Waals surface area contributed by atoms with Crippen LogP contribution in [-0.4, -0.2) is 9.13 Å². The highest BCUT2D eigenvalue weighted by atomic mass is 16.2. The zero-order valence-corrected chi connectivity index (χ0v) is 13.7. The van der Waals surface area contributed by atoms with Crippen LogP contribution in [0.3, 0.4) is 0 Å². The van der Waals surface area contributed by atoms with E-state index in [4.69, 9.17) is 0 Å². The highest BCUT2D eigenvalue weighted by Crippen LogP contribution is 2.16. The lowest BCUT2D eigenvalue weighted by molar-refractivity contribution is 0.722. The number of fused-ring (bicyclic) bond motifs is 2. The summed E-state index contributed by atoms with van der Waals surface area (Å²) >= 11 is 0. The molecule has 2 aromatic heterocycles. The fourth-order valence-electron chi connectivity index (χ4n) is 3.24. The molecule has 0 radical (unpaired) electrons. The second-order valence-electron chi connectivity index (χ2n) is 6.08. The van der Waals surface area contributed by atoms with E-state index in [2.05, 4.69) is 0 Å². The highest BCUT2D eigenvalue weighted by molar-refractivity contribution is 5.98. The standard InChI is InChI=1S/C19H14N2O4/c1-3-20-16(22)12-8-14-15(9-13(12)17(20)23)19(25)21(18(14)24)11-6-4-10(2)5-7-11/h4-9H,3H2,1-2H3.